The van der Waals surface area contributed by atoms with Gasteiger partial charge in [-0.25, -0.2) is 5.43 Å². The van der Waals surface area contributed by atoms with Crippen molar-refractivity contribution in [3.8, 4) is 11.5 Å². The Labute approximate surface area is 165 Å². The van der Waals surface area contributed by atoms with Crippen molar-refractivity contribution in [1.29, 1.82) is 0 Å². The third-order valence-electron chi connectivity index (χ3n) is 6.17. The van der Waals surface area contributed by atoms with Gasteiger partial charge in [-0.1, -0.05) is 6.07 Å². The van der Waals surface area contributed by atoms with Crippen LogP contribution in [0.1, 0.15) is 43.6 Å². The van der Waals surface area contributed by atoms with Crippen LogP contribution in [-0.2, 0) is 4.79 Å². The molecule has 4 heterocycles. The zero-order valence-electron chi connectivity index (χ0n) is 15.2. The van der Waals surface area contributed by atoms with Crippen LogP contribution in [-0.4, -0.2) is 37.5 Å². The normalized spacial score (nSPS) is 33.6. The molecule has 1 aromatic carbocycles. The number of benzene rings is 1. The molecule has 0 saturated carbocycles. The number of nitrogens with one attached hydrogen (secondary N) is 4. The molecule has 8 heteroatoms. The van der Waals surface area contributed by atoms with Crippen LogP contribution in [0.5, 0.6) is 11.5 Å². The van der Waals surface area contributed by atoms with E-state index in [1.165, 1.54) is 12.8 Å². The summed E-state index contributed by atoms with van der Waals surface area (Å²) in [6.45, 7) is 1.04. The Morgan fingerprint density at radius 2 is 1.93 bits per heavy atom. The number of rotatable bonds is 4. The van der Waals surface area contributed by atoms with E-state index < -0.39 is 0 Å². The monoisotopic (exact) mass is 394 g/mol. The Hall–Kier alpha value is -1.54. The first kappa shape index (κ1) is 18.8. The molecule has 4 N–H and O–H groups in total. The number of halogens is 1. The number of hydrazine groups is 1. The summed E-state index contributed by atoms with van der Waals surface area (Å²) in [6.07, 6.45) is 5.31. The minimum atomic E-state index is -0.110. The zero-order chi connectivity index (χ0) is 17.5. The molecule has 3 fully saturated rings. The lowest BCUT2D eigenvalue weighted by atomic mass is 9.89. The molecule has 7 nitrogen and oxygen atoms in total. The maximum Gasteiger partial charge on any atom is 0.231 e. The number of fused-ring (bicyclic) bond motifs is 3. The summed E-state index contributed by atoms with van der Waals surface area (Å²) < 4.78 is 10.9. The van der Waals surface area contributed by atoms with Crippen LogP contribution in [0.15, 0.2) is 18.2 Å². The van der Waals surface area contributed by atoms with Gasteiger partial charge in [0.1, 0.15) is 6.17 Å². The first-order valence-corrected chi connectivity index (χ1v) is 9.68. The van der Waals surface area contributed by atoms with E-state index >= 15 is 0 Å². The van der Waals surface area contributed by atoms with Crippen LogP contribution in [0.4, 0.5) is 0 Å². The summed E-state index contributed by atoms with van der Waals surface area (Å²) >= 11 is 0. The lowest BCUT2D eigenvalue weighted by molar-refractivity contribution is -0.123. The number of hydrogen-bond acceptors (Lipinski definition) is 6. The van der Waals surface area contributed by atoms with Crippen LogP contribution in [0.3, 0.4) is 0 Å². The van der Waals surface area contributed by atoms with Crippen LogP contribution in [0.25, 0.3) is 0 Å². The number of carbonyl (C=O) groups is 1. The van der Waals surface area contributed by atoms with Gasteiger partial charge in [0, 0.05) is 31.0 Å². The van der Waals surface area contributed by atoms with E-state index in [0.29, 0.717) is 24.4 Å². The summed E-state index contributed by atoms with van der Waals surface area (Å²) in [6, 6.07) is 7.26. The quantitative estimate of drug-likeness (QED) is 0.617. The first-order chi connectivity index (χ1) is 12.7. The molecule has 27 heavy (non-hydrogen) atoms. The second-order valence-electron chi connectivity index (χ2n) is 7.97. The molecule has 0 aromatic heterocycles. The predicted octanol–water partition coefficient (Wildman–Crippen LogP) is 1.39. The summed E-state index contributed by atoms with van der Waals surface area (Å²) in [5.74, 6) is 2.38. The number of carbonyl (C=O) groups excluding carboxylic acids is 1. The van der Waals surface area contributed by atoms with E-state index in [4.69, 9.17) is 9.47 Å². The van der Waals surface area contributed by atoms with Gasteiger partial charge in [0.2, 0.25) is 12.7 Å². The minimum absolute atomic E-state index is 0. The fourth-order valence-electron chi connectivity index (χ4n) is 4.92. The third-order valence-corrected chi connectivity index (χ3v) is 6.17. The number of ether oxygens (including phenoxy) is 2. The van der Waals surface area contributed by atoms with Crippen molar-refractivity contribution in [2.45, 2.75) is 56.3 Å². The second-order valence-corrected chi connectivity index (χ2v) is 7.97. The molecule has 2 bridgehead atoms. The molecule has 0 radical (unpaired) electrons. The predicted molar refractivity (Wildman–Crippen MR) is 103 cm³/mol. The molecule has 4 atom stereocenters. The molecule has 0 spiro atoms. The molecule has 4 aliphatic rings. The Kier molecular flexibility index (Phi) is 5.45. The molecular weight excluding hydrogens is 368 g/mol. The van der Waals surface area contributed by atoms with Crippen LogP contribution >= 0.6 is 12.4 Å². The first-order valence-electron chi connectivity index (χ1n) is 9.68. The van der Waals surface area contributed by atoms with Crippen molar-refractivity contribution in [1.82, 2.24) is 21.5 Å². The Morgan fingerprint density at radius 1 is 1.15 bits per heavy atom. The van der Waals surface area contributed by atoms with Crippen molar-refractivity contribution in [2.24, 2.45) is 5.92 Å². The van der Waals surface area contributed by atoms with E-state index in [1.807, 2.05) is 12.1 Å². The van der Waals surface area contributed by atoms with Gasteiger partial charge in [-0.2, -0.15) is 0 Å². The summed E-state index contributed by atoms with van der Waals surface area (Å²) in [7, 11) is 0. The fourth-order valence-corrected chi connectivity index (χ4v) is 4.92. The second kappa shape index (κ2) is 7.83. The topological polar surface area (TPSA) is 83.7 Å². The number of hydrogen-bond donors (Lipinski definition) is 4. The van der Waals surface area contributed by atoms with E-state index in [9.17, 15) is 4.79 Å². The molecule has 4 aliphatic heterocycles. The molecule has 4 unspecified atom stereocenters. The summed E-state index contributed by atoms with van der Waals surface area (Å²) in [5, 5.41) is 6.83. The van der Waals surface area contributed by atoms with Gasteiger partial charge >= 0.3 is 0 Å². The highest BCUT2D eigenvalue weighted by Gasteiger charge is 2.35. The average Bonchev–Trinajstić information content (AvgIpc) is 3.34. The van der Waals surface area contributed by atoms with E-state index in [0.717, 1.165) is 36.4 Å². The largest absolute Gasteiger partial charge is 0.454 e. The van der Waals surface area contributed by atoms with Gasteiger partial charge in [-0.15, -0.1) is 12.4 Å². The summed E-state index contributed by atoms with van der Waals surface area (Å²) in [4.78, 5) is 12.6. The van der Waals surface area contributed by atoms with Crippen LogP contribution in [0.2, 0.25) is 0 Å². The maximum atomic E-state index is 12.6. The zero-order valence-corrected chi connectivity index (χ0v) is 16.0. The van der Waals surface area contributed by atoms with Crippen LogP contribution < -0.4 is 31.0 Å². The van der Waals surface area contributed by atoms with E-state index in [1.54, 1.807) is 0 Å². The standard InChI is InChI=1S/C19H26N4O3.ClH/c24-18(7-11-5-13-2-3-14(6-11)21-13)22-19-15(9-20-23-19)12-1-4-16-17(8-12)26-10-25-16;/h1,4,8,11,13-15,19-21,23H,2-3,5-7,9-10H2,(H,22,24);1H. The number of piperidine rings is 1. The third kappa shape index (κ3) is 3.87. The van der Waals surface area contributed by atoms with E-state index in [-0.39, 0.29) is 37.2 Å². The highest BCUT2D eigenvalue weighted by Crippen LogP contribution is 2.36. The van der Waals surface area contributed by atoms with Crippen LogP contribution in [0, 0.1) is 5.92 Å². The minimum Gasteiger partial charge on any atom is -0.454 e. The van der Waals surface area contributed by atoms with Gasteiger partial charge in [0.25, 0.3) is 0 Å². The van der Waals surface area contributed by atoms with Crippen molar-refractivity contribution < 1.29 is 14.3 Å². The maximum absolute atomic E-state index is 12.6. The van der Waals surface area contributed by atoms with E-state index in [2.05, 4.69) is 27.6 Å². The number of amides is 1. The Bertz CT molecular complexity index is 692. The molecule has 1 aromatic rings. The highest BCUT2D eigenvalue weighted by molar-refractivity contribution is 5.85. The van der Waals surface area contributed by atoms with Gasteiger partial charge in [0.05, 0.1) is 0 Å². The molecule has 148 valence electrons. The molecule has 3 saturated heterocycles. The van der Waals surface area contributed by atoms with Gasteiger partial charge in [-0.3, -0.25) is 10.2 Å². The SMILES string of the molecule is Cl.O=C(CC1CC2CCC(C1)N2)NC1NNCC1c1ccc2c(c1)OCO2. The smallest absolute Gasteiger partial charge is 0.231 e. The molecule has 5 rings (SSSR count). The highest BCUT2D eigenvalue weighted by atomic mass is 35.5. The Morgan fingerprint density at radius 3 is 2.74 bits per heavy atom. The average molecular weight is 395 g/mol. The van der Waals surface area contributed by atoms with Crippen molar-refractivity contribution >= 4 is 18.3 Å². The summed E-state index contributed by atoms with van der Waals surface area (Å²) in [5.41, 5.74) is 7.52. The fraction of sp³-hybridized carbons (Fsp3) is 0.632. The van der Waals surface area contributed by atoms with Gasteiger partial charge in [0.15, 0.2) is 11.5 Å². The van der Waals surface area contributed by atoms with Crippen molar-refractivity contribution in [3.05, 3.63) is 23.8 Å². The lowest BCUT2D eigenvalue weighted by Gasteiger charge is -2.29. The molecule has 0 aliphatic carbocycles. The van der Waals surface area contributed by atoms with Crippen molar-refractivity contribution in [3.63, 3.8) is 0 Å². The van der Waals surface area contributed by atoms with Crippen molar-refractivity contribution in [2.75, 3.05) is 13.3 Å². The molecule has 1 amide bonds. The van der Waals surface area contributed by atoms with Gasteiger partial charge in [-0.05, 0) is 49.3 Å². The lowest BCUT2D eigenvalue weighted by Crippen LogP contribution is -2.47. The van der Waals surface area contributed by atoms with Gasteiger partial charge < -0.3 is 20.1 Å². The Balaban J connectivity index is 0.00000180. The molecular formula is C19H27ClN4O3.